The number of halogens is 1. The van der Waals surface area contributed by atoms with E-state index in [9.17, 15) is 9.59 Å². The number of nitrogens with one attached hydrogen (secondary N) is 1. The largest absolute Gasteiger partial charge is 0.459 e. The Kier molecular flexibility index (Phi) is 6.88. The van der Waals surface area contributed by atoms with Crippen molar-refractivity contribution in [1.29, 1.82) is 0 Å². The lowest BCUT2D eigenvalue weighted by Gasteiger charge is -2.22. The zero-order valence-corrected chi connectivity index (χ0v) is 18.0. The van der Waals surface area contributed by atoms with Crippen LogP contribution in [-0.4, -0.2) is 23.8 Å². The second kappa shape index (κ2) is 9.56. The van der Waals surface area contributed by atoms with Gasteiger partial charge in [-0.05, 0) is 29.8 Å². The quantitative estimate of drug-likeness (QED) is 0.549. The lowest BCUT2D eigenvalue weighted by atomic mass is 10.0. The van der Waals surface area contributed by atoms with Crippen molar-refractivity contribution in [3.63, 3.8) is 0 Å². The van der Waals surface area contributed by atoms with Crippen LogP contribution in [0.3, 0.4) is 0 Å². The van der Waals surface area contributed by atoms with E-state index in [-0.39, 0.29) is 24.3 Å². The van der Waals surface area contributed by atoms with Gasteiger partial charge in [-0.15, -0.1) is 0 Å². The van der Waals surface area contributed by atoms with Gasteiger partial charge in [-0.25, -0.2) is 0 Å². The average molecular weight is 455 g/mol. The topological polar surface area (TPSA) is 62.6 Å². The summed E-state index contributed by atoms with van der Waals surface area (Å²) in [4.78, 5) is 25.9. The van der Waals surface area contributed by atoms with Crippen molar-refractivity contribution in [1.82, 2.24) is 10.2 Å². The van der Waals surface area contributed by atoms with Crippen LogP contribution < -0.4 is 5.32 Å². The highest BCUT2D eigenvalue weighted by Gasteiger charge is 2.20. The van der Waals surface area contributed by atoms with E-state index >= 15 is 0 Å². The number of nitrogens with zero attached hydrogens (tertiary/aromatic N) is 1. The molecule has 0 saturated heterocycles. The number of rotatable bonds is 7. The van der Waals surface area contributed by atoms with Gasteiger partial charge in [0.1, 0.15) is 11.5 Å². The summed E-state index contributed by atoms with van der Waals surface area (Å²) in [6.07, 6.45) is 0.181. The first-order valence-corrected chi connectivity index (χ1v) is 10.1. The third-order valence-electron chi connectivity index (χ3n) is 4.57. The highest BCUT2D eigenvalue weighted by molar-refractivity contribution is 9.10. The molecule has 0 aliphatic rings. The zero-order valence-electron chi connectivity index (χ0n) is 16.4. The molecule has 0 fully saturated rings. The summed E-state index contributed by atoms with van der Waals surface area (Å²) in [6, 6.07) is 20.8. The van der Waals surface area contributed by atoms with E-state index in [4.69, 9.17) is 4.42 Å². The van der Waals surface area contributed by atoms with Gasteiger partial charge in [0.05, 0.1) is 19.0 Å². The van der Waals surface area contributed by atoms with Gasteiger partial charge < -0.3 is 14.6 Å². The number of benzene rings is 2. The molecular formula is C23H23BrN2O3. The summed E-state index contributed by atoms with van der Waals surface area (Å²) in [7, 11) is 1.74. The molecule has 2 aromatic carbocycles. The maximum absolute atomic E-state index is 12.8. The summed E-state index contributed by atoms with van der Waals surface area (Å²) in [5.41, 5.74) is 1.88. The van der Waals surface area contributed by atoms with Gasteiger partial charge in [0.25, 0.3) is 0 Å². The van der Waals surface area contributed by atoms with Gasteiger partial charge in [0.2, 0.25) is 11.8 Å². The monoisotopic (exact) mass is 454 g/mol. The average Bonchev–Trinajstić information content (AvgIpc) is 3.16. The molecular weight excluding hydrogens is 432 g/mol. The van der Waals surface area contributed by atoms with Crippen molar-refractivity contribution in [2.45, 2.75) is 25.9 Å². The molecule has 0 spiro atoms. The van der Waals surface area contributed by atoms with Crippen LogP contribution in [0.1, 0.15) is 30.7 Å². The molecule has 0 saturated carbocycles. The third kappa shape index (κ3) is 5.81. The summed E-state index contributed by atoms with van der Waals surface area (Å²) >= 11 is 3.42. The summed E-state index contributed by atoms with van der Waals surface area (Å²) in [5, 5.41) is 2.86. The van der Waals surface area contributed by atoms with Crippen LogP contribution in [0, 0.1) is 0 Å². The van der Waals surface area contributed by atoms with E-state index in [0.717, 1.165) is 21.4 Å². The van der Waals surface area contributed by atoms with Gasteiger partial charge in [0, 0.05) is 24.0 Å². The van der Waals surface area contributed by atoms with E-state index < -0.39 is 0 Å². The van der Waals surface area contributed by atoms with Crippen molar-refractivity contribution in [3.05, 3.63) is 82.5 Å². The standard InChI is InChI=1S/C23H23BrN2O3/c1-16(27)25-21(17-6-4-3-5-7-17)14-23(28)26(2)15-20-12-13-22(29-20)18-8-10-19(24)11-9-18/h3-13,21H,14-15H2,1-2H3,(H,25,27)/t21-/m1/s1. The first-order chi connectivity index (χ1) is 13.9. The molecule has 2 amide bonds. The molecule has 5 nitrogen and oxygen atoms in total. The molecule has 3 aromatic rings. The van der Waals surface area contributed by atoms with Crippen molar-refractivity contribution >= 4 is 27.7 Å². The first-order valence-electron chi connectivity index (χ1n) is 9.33. The van der Waals surface area contributed by atoms with Gasteiger partial charge >= 0.3 is 0 Å². The van der Waals surface area contributed by atoms with Crippen molar-refractivity contribution in [2.75, 3.05) is 7.05 Å². The minimum Gasteiger partial charge on any atom is -0.459 e. The maximum atomic E-state index is 12.8. The first kappa shape index (κ1) is 20.9. The lowest BCUT2D eigenvalue weighted by molar-refractivity contribution is -0.131. The fraction of sp³-hybridized carbons (Fsp3) is 0.217. The predicted molar refractivity (Wildman–Crippen MR) is 116 cm³/mol. The van der Waals surface area contributed by atoms with Gasteiger partial charge in [-0.2, -0.15) is 0 Å². The number of amides is 2. The molecule has 6 heteroatoms. The van der Waals surface area contributed by atoms with E-state index in [1.807, 2.05) is 66.7 Å². The molecule has 0 aliphatic heterocycles. The Morgan fingerprint density at radius 2 is 1.72 bits per heavy atom. The molecule has 0 radical (unpaired) electrons. The number of hydrogen-bond acceptors (Lipinski definition) is 3. The minimum atomic E-state index is -0.362. The second-order valence-corrected chi connectivity index (χ2v) is 7.81. The molecule has 0 aliphatic carbocycles. The fourth-order valence-electron chi connectivity index (χ4n) is 3.07. The Balaban J connectivity index is 1.65. The molecule has 1 aromatic heterocycles. The number of hydrogen-bond donors (Lipinski definition) is 1. The lowest BCUT2D eigenvalue weighted by Crippen LogP contribution is -2.33. The Hall–Kier alpha value is -2.86. The van der Waals surface area contributed by atoms with E-state index in [1.165, 1.54) is 6.92 Å². The molecule has 0 unspecified atom stereocenters. The fourth-order valence-corrected chi connectivity index (χ4v) is 3.33. The Bertz CT molecular complexity index is 967. The van der Waals surface area contributed by atoms with Crippen LogP contribution in [0.25, 0.3) is 11.3 Å². The van der Waals surface area contributed by atoms with Crippen molar-refractivity contribution in [2.24, 2.45) is 0 Å². The summed E-state index contributed by atoms with van der Waals surface area (Å²) in [5.74, 6) is 1.22. The molecule has 3 rings (SSSR count). The van der Waals surface area contributed by atoms with Gasteiger partial charge in [-0.1, -0.05) is 58.4 Å². The molecule has 29 heavy (non-hydrogen) atoms. The van der Waals surface area contributed by atoms with Crippen LogP contribution in [0.5, 0.6) is 0 Å². The SMILES string of the molecule is CC(=O)N[C@H](CC(=O)N(C)Cc1ccc(-c2ccc(Br)cc2)o1)c1ccccc1. The van der Waals surface area contributed by atoms with Crippen LogP contribution in [-0.2, 0) is 16.1 Å². The Morgan fingerprint density at radius 3 is 2.38 bits per heavy atom. The number of carbonyl (C=O) groups excluding carboxylic acids is 2. The van der Waals surface area contributed by atoms with Crippen molar-refractivity contribution < 1.29 is 14.0 Å². The molecule has 1 N–H and O–H groups in total. The summed E-state index contributed by atoms with van der Waals surface area (Å²) < 4.78 is 6.91. The van der Waals surface area contributed by atoms with Gasteiger partial charge in [-0.3, -0.25) is 9.59 Å². The summed E-state index contributed by atoms with van der Waals surface area (Å²) in [6.45, 7) is 1.81. The van der Waals surface area contributed by atoms with Crippen LogP contribution in [0.15, 0.2) is 75.6 Å². The van der Waals surface area contributed by atoms with E-state index in [0.29, 0.717) is 12.3 Å². The van der Waals surface area contributed by atoms with E-state index in [2.05, 4.69) is 21.2 Å². The third-order valence-corrected chi connectivity index (χ3v) is 5.10. The highest BCUT2D eigenvalue weighted by Crippen LogP contribution is 2.25. The van der Waals surface area contributed by atoms with Crippen molar-refractivity contribution in [3.8, 4) is 11.3 Å². The normalized spacial score (nSPS) is 11.7. The predicted octanol–water partition coefficient (Wildman–Crippen LogP) is 4.94. The number of furan rings is 1. The minimum absolute atomic E-state index is 0.0748. The smallest absolute Gasteiger partial charge is 0.225 e. The molecule has 0 bridgehead atoms. The van der Waals surface area contributed by atoms with Crippen LogP contribution in [0.4, 0.5) is 0 Å². The van der Waals surface area contributed by atoms with Crippen LogP contribution in [0.2, 0.25) is 0 Å². The second-order valence-electron chi connectivity index (χ2n) is 6.89. The maximum Gasteiger partial charge on any atom is 0.225 e. The van der Waals surface area contributed by atoms with E-state index in [1.54, 1.807) is 11.9 Å². The van der Waals surface area contributed by atoms with Gasteiger partial charge in [0.15, 0.2) is 0 Å². The number of carbonyl (C=O) groups is 2. The highest BCUT2D eigenvalue weighted by atomic mass is 79.9. The molecule has 1 atom stereocenters. The molecule has 1 heterocycles. The van der Waals surface area contributed by atoms with Crippen LogP contribution >= 0.6 is 15.9 Å². The Labute approximate surface area is 178 Å². The Morgan fingerprint density at radius 1 is 1.03 bits per heavy atom. The molecule has 150 valence electrons. The zero-order chi connectivity index (χ0) is 20.8.